The minimum Gasteiger partial charge on any atom is -0.324 e. The minimum atomic E-state index is -0.266. The highest BCUT2D eigenvalue weighted by atomic mass is 35.5. The molecule has 0 aromatic heterocycles. The molecular weight excluding hydrogens is 409 g/mol. The van der Waals surface area contributed by atoms with Crippen molar-refractivity contribution in [3.8, 4) is 0 Å². The number of amides is 2. The number of hydrogen-bond acceptors (Lipinski definition) is 3. The third kappa shape index (κ3) is 7.03. The summed E-state index contributed by atoms with van der Waals surface area (Å²) < 4.78 is 0. The fraction of sp³-hybridized carbons (Fsp3) is 0.263. The van der Waals surface area contributed by atoms with Crippen molar-refractivity contribution in [3.05, 3.63) is 57.5 Å². The molecule has 2 aromatic rings. The smallest absolute Gasteiger partial charge is 0.238 e. The molecule has 0 aliphatic heterocycles. The molecule has 5 nitrogen and oxygen atoms in total. The summed E-state index contributed by atoms with van der Waals surface area (Å²) in [5.74, 6) is -0.507. The van der Waals surface area contributed by atoms with Crippen LogP contribution >= 0.6 is 34.8 Å². The number of nitrogens with one attached hydrogen (secondary N) is 2. The van der Waals surface area contributed by atoms with Crippen molar-refractivity contribution in [2.75, 3.05) is 30.3 Å². The Hall–Kier alpha value is -1.79. The Labute approximate surface area is 173 Å². The molecule has 8 heteroatoms. The number of para-hydroxylation sites is 1. The first-order valence-corrected chi connectivity index (χ1v) is 9.54. The second kappa shape index (κ2) is 10.5. The number of carbonyl (C=O) groups excluding carboxylic acids is 2. The molecule has 0 saturated heterocycles. The van der Waals surface area contributed by atoms with Gasteiger partial charge in [0.1, 0.15) is 0 Å². The van der Waals surface area contributed by atoms with E-state index in [1.54, 1.807) is 47.4 Å². The number of benzene rings is 2. The average molecular weight is 429 g/mol. The molecular formula is C19H20Cl3N3O2. The maximum absolute atomic E-state index is 12.3. The van der Waals surface area contributed by atoms with E-state index < -0.39 is 0 Å². The molecule has 0 saturated carbocycles. The first-order chi connectivity index (χ1) is 12.9. The van der Waals surface area contributed by atoms with Gasteiger partial charge in [-0.2, -0.15) is 0 Å². The average Bonchev–Trinajstić information content (AvgIpc) is 2.59. The van der Waals surface area contributed by atoms with E-state index in [0.717, 1.165) is 6.42 Å². The van der Waals surface area contributed by atoms with Crippen LogP contribution in [0.3, 0.4) is 0 Å². The van der Waals surface area contributed by atoms with Gasteiger partial charge in [-0.3, -0.25) is 14.5 Å². The highest BCUT2D eigenvalue weighted by Gasteiger charge is 2.16. The van der Waals surface area contributed by atoms with Gasteiger partial charge in [-0.1, -0.05) is 53.9 Å². The maximum Gasteiger partial charge on any atom is 0.238 e. The lowest BCUT2D eigenvalue weighted by Gasteiger charge is -2.21. The molecule has 0 atom stereocenters. The van der Waals surface area contributed by atoms with Crippen LogP contribution in [0, 0.1) is 0 Å². The fourth-order valence-corrected chi connectivity index (χ4v) is 3.11. The first kappa shape index (κ1) is 21.5. The van der Waals surface area contributed by atoms with Crippen LogP contribution in [0.2, 0.25) is 15.1 Å². The molecule has 0 heterocycles. The van der Waals surface area contributed by atoms with Crippen molar-refractivity contribution in [3.63, 3.8) is 0 Å². The van der Waals surface area contributed by atoms with Gasteiger partial charge in [0.2, 0.25) is 11.8 Å². The van der Waals surface area contributed by atoms with Gasteiger partial charge < -0.3 is 10.6 Å². The van der Waals surface area contributed by atoms with Crippen LogP contribution in [0.1, 0.15) is 13.3 Å². The zero-order valence-electron chi connectivity index (χ0n) is 14.8. The Morgan fingerprint density at radius 1 is 0.889 bits per heavy atom. The van der Waals surface area contributed by atoms with Crippen LogP contribution in [0.4, 0.5) is 11.4 Å². The van der Waals surface area contributed by atoms with Crippen molar-refractivity contribution in [1.29, 1.82) is 0 Å². The standard InChI is InChI=1S/C19H20Cl3N3O2/c1-2-9-25(11-18(26)23-16-6-4-3-5-14(16)21)12-19(27)24-17-8-7-13(20)10-15(17)22/h3-8,10H,2,9,11-12H2,1H3,(H,23,26)(H,24,27). The van der Waals surface area contributed by atoms with Crippen LogP contribution in [0.15, 0.2) is 42.5 Å². The van der Waals surface area contributed by atoms with Gasteiger partial charge in [0.05, 0.1) is 34.5 Å². The monoisotopic (exact) mass is 427 g/mol. The molecule has 0 spiro atoms. The summed E-state index contributed by atoms with van der Waals surface area (Å²) in [5.41, 5.74) is 1.01. The minimum absolute atomic E-state index is 0.0583. The first-order valence-electron chi connectivity index (χ1n) is 8.40. The van der Waals surface area contributed by atoms with Gasteiger partial charge in [-0.05, 0) is 43.3 Å². The predicted octanol–water partition coefficient (Wildman–Crippen LogP) is 4.94. The maximum atomic E-state index is 12.3. The molecule has 0 unspecified atom stereocenters. The molecule has 0 radical (unpaired) electrons. The largest absolute Gasteiger partial charge is 0.324 e. The molecule has 2 amide bonds. The molecule has 0 aliphatic carbocycles. The third-order valence-electron chi connectivity index (χ3n) is 3.63. The zero-order chi connectivity index (χ0) is 19.8. The lowest BCUT2D eigenvalue weighted by Crippen LogP contribution is -2.39. The summed E-state index contributed by atoms with van der Waals surface area (Å²) in [5, 5.41) is 6.80. The summed E-state index contributed by atoms with van der Waals surface area (Å²) in [6.45, 7) is 2.70. The number of rotatable bonds is 8. The molecule has 27 heavy (non-hydrogen) atoms. The number of halogens is 3. The van der Waals surface area contributed by atoms with Crippen molar-refractivity contribution < 1.29 is 9.59 Å². The van der Waals surface area contributed by atoms with Crippen LogP contribution in [0.25, 0.3) is 0 Å². The van der Waals surface area contributed by atoms with Crippen LogP contribution in [-0.2, 0) is 9.59 Å². The van der Waals surface area contributed by atoms with Gasteiger partial charge in [-0.15, -0.1) is 0 Å². The van der Waals surface area contributed by atoms with Crippen molar-refractivity contribution in [1.82, 2.24) is 4.90 Å². The molecule has 2 N–H and O–H groups in total. The van der Waals surface area contributed by atoms with E-state index in [-0.39, 0.29) is 24.9 Å². The SMILES string of the molecule is CCCN(CC(=O)Nc1ccccc1Cl)CC(=O)Nc1ccc(Cl)cc1Cl. The van der Waals surface area contributed by atoms with Gasteiger partial charge in [0.25, 0.3) is 0 Å². The Balaban J connectivity index is 1.94. The van der Waals surface area contributed by atoms with E-state index in [2.05, 4.69) is 10.6 Å². The highest BCUT2D eigenvalue weighted by molar-refractivity contribution is 6.36. The van der Waals surface area contributed by atoms with E-state index in [9.17, 15) is 9.59 Å². The van der Waals surface area contributed by atoms with Crippen molar-refractivity contribution >= 4 is 58.0 Å². The summed E-state index contributed by atoms with van der Waals surface area (Å²) in [4.78, 5) is 26.4. The Morgan fingerprint density at radius 3 is 2.04 bits per heavy atom. The van der Waals surface area contributed by atoms with Gasteiger partial charge in [0, 0.05) is 5.02 Å². The van der Waals surface area contributed by atoms with Crippen LogP contribution in [0.5, 0.6) is 0 Å². The van der Waals surface area contributed by atoms with E-state index in [0.29, 0.717) is 33.0 Å². The molecule has 0 fully saturated rings. The second-order valence-electron chi connectivity index (χ2n) is 5.91. The van der Waals surface area contributed by atoms with E-state index in [1.807, 2.05) is 6.92 Å². The lowest BCUT2D eigenvalue weighted by atomic mass is 10.3. The van der Waals surface area contributed by atoms with Gasteiger partial charge in [0.15, 0.2) is 0 Å². The number of nitrogens with zero attached hydrogens (tertiary/aromatic N) is 1. The Morgan fingerprint density at radius 2 is 1.48 bits per heavy atom. The number of hydrogen-bond donors (Lipinski definition) is 2. The zero-order valence-corrected chi connectivity index (χ0v) is 17.0. The summed E-state index contributed by atoms with van der Waals surface area (Å²) in [6, 6.07) is 11.8. The van der Waals surface area contributed by atoms with Gasteiger partial charge in [-0.25, -0.2) is 0 Å². The quantitative estimate of drug-likeness (QED) is 0.626. The van der Waals surface area contributed by atoms with Gasteiger partial charge >= 0.3 is 0 Å². The molecule has 0 bridgehead atoms. The highest BCUT2D eigenvalue weighted by Crippen LogP contribution is 2.25. The molecule has 0 aliphatic rings. The number of anilines is 2. The molecule has 144 valence electrons. The Bertz CT molecular complexity index is 815. The second-order valence-corrected chi connectivity index (χ2v) is 7.16. The van der Waals surface area contributed by atoms with E-state index >= 15 is 0 Å². The topological polar surface area (TPSA) is 61.4 Å². The normalized spacial score (nSPS) is 10.7. The third-order valence-corrected chi connectivity index (χ3v) is 4.50. The lowest BCUT2D eigenvalue weighted by molar-refractivity contribution is -0.120. The summed E-state index contributed by atoms with van der Waals surface area (Å²) in [6.07, 6.45) is 0.800. The van der Waals surface area contributed by atoms with Crippen LogP contribution in [-0.4, -0.2) is 36.3 Å². The fourth-order valence-electron chi connectivity index (χ4n) is 2.47. The van der Waals surface area contributed by atoms with Crippen molar-refractivity contribution in [2.45, 2.75) is 13.3 Å². The van der Waals surface area contributed by atoms with E-state index in [1.165, 1.54) is 0 Å². The Kier molecular flexibility index (Phi) is 8.38. The molecule has 2 rings (SSSR count). The summed E-state index contributed by atoms with van der Waals surface area (Å²) in [7, 11) is 0. The predicted molar refractivity (Wildman–Crippen MR) is 112 cm³/mol. The van der Waals surface area contributed by atoms with E-state index in [4.69, 9.17) is 34.8 Å². The summed E-state index contributed by atoms with van der Waals surface area (Å²) >= 11 is 18.0. The number of carbonyl (C=O) groups is 2. The molecule has 2 aromatic carbocycles. The van der Waals surface area contributed by atoms with Crippen molar-refractivity contribution in [2.24, 2.45) is 0 Å². The van der Waals surface area contributed by atoms with Crippen LogP contribution < -0.4 is 10.6 Å².